The van der Waals surface area contributed by atoms with Crippen molar-refractivity contribution >= 4 is 15.9 Å². The van der Waals surface area contributed by atoms with Crippen LogP contribution in [0.25, 0.3) is 0 Å². The molecule has 0 aliphatic carbocycles. The van der Waals surface area contributed by atoms with Crippen molar-refractivity contribution < 1.29 is 13.2 Å². The van der Waals surface area contributed by atoms with Gasteiger partial charge in [-0.1, -0.05) is 6.42 Å². The highest BCUT2D eigenvalue weighted by atomic mass is 32.2. The largest absolute Gasteiger partial charge is 0.314 e. The molecule has 1 unspecified atom stereocenters. The maximum Gasteiger partial charge on any atom is 0.237 e. The van der Waals surface area contributed by atoms with E-state index in [4.69, 9.17) is 0 Å². The van der Waals surface area contributed by atoms with Gasteiger partial charge in [0.25, 0.3) is 0 Å². The predicted octanol–water partition coefficient (Wildman–Crippen LogP) is 0.0807. The third-order valence-electron chi connectivity index (χ3n) is 3.28. The van der Waals surface area contributed by atoms with Crippen molar-refractivity contribution in [2.45, 2.75) is 38.1 Å². The normalized spacial score (nSPS) is 29.6. The van der Waals surface area contributed by atoms with E-state index < -0.39 is 10.0 Å². The summed E-state index contributed by atoms with van der Waals surface area (Å²) >= 11 is 0. The zero-order valence-electron chi connectivity index (χ0n) is 9.31. The summed E-state index contributed by atoms with van der Waals surface area (Å²) in [6.07, 6.45) is 4.36. The van der Waals surface area contributed by atoms with Gasteiger partial charge in [-0.15, -0.1) is 0 Å². The maximum atomic E-state index is 11.5. The quantitative estimate of drug-likeness (QED) is 0.766. The van der Waals surface area contributed by atoms with Gasteiger partial charge in [0.1, 0.15) is 0 Å². The van der Waals surface area contributed by atoms with Crippen molar-refractivity contribution in [3.8, 4) is 0 Å². The Morgan fingerprint density at radius 2 is 2.19 bits per heavy atom. The van der Waals surface area contributed by atoms with Crippen LogP contribution in [0.2, 0.25) is 0 Å². The van der Waals surface area contributed by atoms with Crippen LogP contribution in [0.1, 0.15) is 32.1 Å². The Balaban J connectivity index is 1.87. The fourth-order valence-corrected chi connectivity index (χ4v) is 3.75. The summed E-state index contributed by atoms with van der Waals surface area (Å²) in [6.45, 7) is 1.35. The molecule has 0 saturated carbocycles. The van der Waals surface area contributed by atoms with Crippen LogP contribution in [-0.2, 0) is 14.8 Å². The monoisotopic (exact) mass is 246 g/mol. The molecule has 0 aromatic rings. The first kappa shape index (κ1) is 11.9. The van der Waals surface area contributed by atoms with Crippen LogP contribution in [0.3, 0.4) is 0 Å². The van der Waals surface area contributed by atoms with Gasteiger partial charge in [0.15, 0.2) is 0 Å². The van der Waals surface area contributed by atoms with Crippen molar-refractivity contribution in [3.63, 3.8) is 0 Å². The first-order valence-electron chi connectivity index (χ1n) is 5.86. The fourth-order valence-electron chi connectivity index (χ4n) is 2.31. The summed E-state index contributed by atoms with van der Waals surface area (Å²) in [5.74, 6) is -0.250. The molecule has 1 N–H and O–H groups in total. The summed E-state index contributed by atoms with van der Waals surface area (Å²) in [5, 5.41) is 3.35. The molecule has 2 saturated heterocycles. The van der Waals surface area contributed by atoms with Gasteiger partial charge in [-0.3, -0.25) is 4.79 Å². The number of piperidine rings is 1. The molecule has 2 aliphatic heterocycles. The van der Waals surface area contributed by atoms with Crippen LogP contribution in [-0.4, -0.2) is 43.5 Å². The Morgan fingerprint density at radius 3 is 2.75 bits per heavy atom. The van der Waals surface area contributed by atoms with Crippen molar-refractivity contribution in [1.29, 1.82) is 0 Å². The lowest BCUT2D eigenvalue weighted by Gasteiger charge is -2.25. The number of sulfonamides is 1. The highest BCUT2D eigenvalue weighted by Crippen LogP contribution is 2.17. The molecule has 0 spiro atoms. The summed E-state index contributed by atoms with van der Waals surface area (Å²) in [7, 11) is -3.28. The molecular formula is C10H18N2O3S. The van der Waals surface area contributed by atoms with Gasteiger partial charge in [-0.05, 0) is 25.8 Å². The van der Waals surface area contributed by atoms with E-state index in [0.717, 1.165) is 23.7 Å². The second kappa shape index (κ2) is 4.71. The van der Waals surface area contributed by atoms with E-state index in [1.165, 1.54) is 12.8 Å². The van der Waals surface area contributed by atoms with Crippen molar-refractivity contribution in [3.05, 3.63) is 0 Å². The van der Waals surface area contributed by atoms with Crippen LogP contribution >= 0.6 is 0 Å². The average molecular weight is 246 g/mol. The number of nitrogens with zero attached hydrogens (tertiary/aromatic N) is 1. The number of nitrogens with one attached hydrogen (secondary N) is 1. The molecule has 5 nitrogen and oxygen atoms in total. The van der Waals surface area contributed by atoms with Gasteiger partial charge in [-0.25, -0.2) is 12.7 Å². The van der Waals surface area contributed by atoms with Crippen molar-refractivity contribution in [2.75, 3.05) is 18.8 Å². The Bertz CT molecular complexity index is 360. The molecule has 6 heteroatoms. The molecule has 2 heterocycles. The van der Waals surface area contributed by atoms with Gasteiger partial charge >= 0.3 is 0 Å². The Kier molecular flexibility index (Phi) is 3.49. The number of hydrogen-bond acceptors (Lipinski definition) is 4. The lowest BCUT2D eigenvalue weighted by molar-refractivity contribution is -0.125. The van der Waals surface area contributed by atoms with E-state index in [0.29, 0.717) is 12.6 Å². The first-order chi connectivity index (χ1) is 7.59. The third-order valence-corrected chi connectivity index (χ3v) is 5.06. The Hall–Kier alpha value is -0.620. The molecule has 92 valence electrons. The van der Waals surface area contributed by atoms with Gasteiger partial charge in [0.2, 0.25) is 15.9 Å². The molecule has 1 atom stereocenters. The predicted molar refractivity (Wildman–Crippen MR) is 60.4 cm³/mol. The van der Waals surface area contributed by atoms with Crippen molar-refractivity contribution in [2.24, 2.45) is 0 Å². The zero-order valence-corrected chi connectivity index (χ0v) is 10.1. The van der Waals surface area contributed by atoms with Crippen LogP contribution in [0.15, 0.2) is 0 Å². The Labute approximate surface area is 96.2 Å². The molecule has 0 radical (unpaired) electrons. The lowest BCUT2D eigenvalue weighted by atomic mass is 10.0. The number of hydrogen-bond donors (Lipinski definition) is 1. The third kappa shape index (κ3) is 2.55. The second-order valence-corrected chi connectivity index (χ2v) is 6.48. The standard InChI is InChI=1S/C10H18N2O3S/c13-10-5-8-16(14,15)12(10)7-4-9-3-1-2-6-11-9/h9,11H,1-8H2. The Morgan fingerprint density at radius 1 is 1.38 bits per heavy atom. The van der Waals surface area contributed by atoms with Crippen LogP contribution in [0, 0.1) is 0 Å². The van der Waals surface area contributed by atoms with Crippen LogP contribution in [0.4, 0.5) is 0 Å². The molecule has 2 rings (SSSR count). The maximum absolute atomic E-state index is 11.5. The minimum absolute atomic E-state index is 0.00999. The molecule has 2 fully saturated rings. The summed E-state index contributed by atoms with van der Waals surface area (Å²) in [5.41, 5.74) is 0. The molecule has 2 aliphatic rings. The van der Waals surface area contributed by atoms with Gasteiger partial charge in [0, 0.05) is 19.0 Å². The number of carbonyl (C=O) groups excluding carboxylic acids is 1. The van der Waals surface area contributed by atoms with Crippen LogP contribution in [0.5, 0.6) is 0 Å². The van der Waals surface area contributed by atoms with E-state index >= 15 is 0 Å². The SMILES string of the molecule is O=C1CCS(=O)(=O)N1CCC1CCCCN1. The minimum atomic E-state index is -3.28. The van der Waals surface area contributed by atoms with E-state index in [1.54, 1.807) is 0 Å². The molecule has 0 aromatic carbocycles. The number of carbonyl (C=O) groups is 1. The van der Waals surface area contributed by atoms with E-state index in [2.05, 4.69) is 5.32 Å². The van der Waals surface area contributed by atoms with Crippen molar-refractivity contribution in [1.82, 2.24) is 9.62 Å². The molecule has 1 amide bonds. The second-order valence-electron chi connectivity index (χ2n) is 4.47. The zero-order chi connectivity index (χ0) is 11.6. The minimum Gasteiger partial charge on any atom is -0.314 e. The number of rotatable bonds is 3. The molecular weight excluding hydrogens is 228 g/mol. The fraction of sp³-hybridized carbons (Fsp3) is 0.900. The molecule has 0 bridgehead atoms. The first-order valence-corrected chi connectivity index (χ1v) is 7.47. The van der Waals surface area contributed by atoms with E-state index in [-0.39, 0.29) is 18.1 Å². The van der Waals surface area contributed by atoms with Gasteiger partial charge in [0.05, 0.1) is 5.75 Å². The van der Waals surface area contributed by atoms with Gasteiger partial charge in [-0.2, -0.15) is 0 Å². The summed E-state index contributed by atoms with van der Waals surface area (Å²) in [6, 6.07) is 0.373. The summed E-state index contributed by atoms with van der Waals surface area (Å²) in [4.78, 5) is 11.4. The molecule has 16 heavy (non-hydrogen) atoms. The highest BCUT2D eigenvalue weighted by Gasteiger charge is 2.34. The molecule has 0 aromatic heterocycles. The smallest absolute Gasteiger partial charge is 0.237 e. The lowest BCUT2D eigenvalue weighted by Crippen LogP contribution is -2.39. The topological polar surface area (TPSA) is 66.5 Å². The average Bonchev–Trinajstić information content (AvgIpc) is 2.52. The van der Waals surface area contributed by atoms with Gasteiger partial charge < -0.3 is 5.32 Å². The number of amides is 1. The summed E-state index contributed by atoms with van der Waals surface area (Å²) < 4.78 is 24.1. The van der Waals surface area contributed by atoms with E-state index in [9.17, 15) is 13.2 Å². The van der Waals surface area contributed by atoms with E-state index in [1.807, 2.05) is 0 Å². The highest BCUT2D eigenvalue weighted by molar-refractivity contribution is 7.90. The van der Waals surface area contributed by atoms with Crippen LogP contribution < -0.4 is 5.32 Å².